The van der Waals surface area contributed by atoms with Gasteiger partial charge in [0.15, 0.2) is 6.10 Å². The quantitative estimate of drug-likeness (QED) is 0.598. The molecular formula is C16H16F2N4O6. The number of aliphatic hydroxyl groups is 2. The highest BCUT2D eigenvalue weighted by Crippen LogP contribution is 2.42. The molecule has 0 spiro atoms. The van der Waals surface area contributed by atoms with Gasteiger partial charge in [0.05, 0.1) is 25.0 Å². The molecule has 3 rings (SSSR count). The van der Waals surface area contributed by atoms with Crippen LogP contribution >= 0.6 is 0 Å². The molecule has 28 heavy (non-hydrogen) atoms. The molecule has 0 unspecified atom stereocenters. The Kier molecular flexibility index (Phi) is 5.10. The summed E-state index contributed by atoms with van der Waals surface area (Å²) >= 11 is 0. The van der Waals surface area contributed by atoms with Gasteiger partial charge in [-0.1, -0.05) is 0 Å². The fraction of sp³-hybridized carbons (Fsp3) is 0.375. The van der Waals surface area contributed by atoms with E-state index < -0.39 is 42.6 Å². The van der Waals surface area contributed by atoms with E-state index in [9.17, 15) is 23.5 Å². The van der Waals surface area contributed by atoms with Crippen molar-refractivity contribution in [1.29, 1.82) is 0 Å². The van der Waals surface area contributed by atoms with Gasteiger partial charge in [0.2, 0.25) is 12.1 Å². The van der Waals surface area contributed by atoms with Crippen molar-refractivity contribution in [2.75, 3.05) is 13.7 Å². The van der Waals surface area contributed by atoms with Crippen molar-refractivity contribution in [2.24, 2.45) is 5.73 Å². The molecule has 0 bridgehead atoms. The second-order valence-electron chi connectivity index (χ2n) is 5.95. The maximum absolute atomic E-state index is 14.2. The molecule has 0 saturated carbocycles. The molecule has 0 aromatic carbocycles. The molecule has 2 aromatic heterocycles. The first-order chi connectivity index (χ1) is 13.2. The summed E-state index contributed by atoms with van der Waals surface area (Å²) in [6, 6.07) is 3.87. The van der Waals surface area contributed by atoms with Gasteiger partial charge in [-0.25, -0.2) is 9.78 Å². The van der Waals surface area contributed by atoms with E-state index in [1.807, 2.05) is 0 Å². The van der Waals surface area contributed by atoms with Gasteiger partial charge in [-0.3, -0.25) is 9.36 Å². The van der Waals surface area contributed by atoms with Gasteiger partial charge >= 0.3 is 11.6 Å². The molecule has 12 heteroatoms. The van der Waals surface area contributed by atoms with Gasteiger partial charge in [0.25, 0.3) is 5.91 Å². The summed E-state index contributed by atoms with van der Waals surface area (Å²) in [6.45, 7) is -0.858. The molecule has 1 amide bonds. The predicted octanol–water partition coefficient (Wildman–Crippen LogP) is -0.701. The largest absolute Gasteiger partial charge is 0.481 e. The number of amides is 1. The molecule has 1 aliphatic rings. The number of alkyl halides is 2. The lowest BCUT2D eigenvalue weighted by Gasteiger charge is -2.21. The van der Waals surface area contributed by atoms with Crippen LogP contribution in [0.1, 0.15) is 16.6 Å². The van der Waals surface area contributed by atoms with Gasteiger partial charge in [0, 0.05) is 12.3 Å². The number of carbonyl (C=O) groups excluding carboxylic acids is 1. The third kappa shape index (κ3) is 3.21. The number of rotatable bonds is 5. The second kappa shape index (κ2) is 7.22. The number of nitrogens with zero attached hydrogens (tertiary/aromatic N) is 3. The van der Waals surface area contributed by atoms with Crippen LogP contribution in [0.4, 0.5) is 8.78 Å². The molecule has 3 atom stereocenters. The Bertz CT molecular complexity index is 966. The van der Waals surface area contributed by atoms with Gasteiger partial charge < -0.3 is 25.4 Å². The van der Waals surface area contributed by atoms with E-state index in [0.717, 1.165) is 12.3 Å². The van der Waals surface area contributed by atoms with Gasteiger partial charge in [0.1, 0.15) is 11.8 Å². The van der Waals surface area contributed by atoms with Crippen molar-refractivity contribution in [3.63, 3.8) is 0 Å². The van der Waals surface area contributed by atoms with Crippen LogP contribution in [-0.2, 0) is 4.74 Å². The maximum Gasteiger partial charge on any atom is 0.350 e. The van der Waals surface area contributed by atoms with Crippen LogP contribution in [0.2, 0.25) is 0 Å². The molecule has 1 saturated heterocycles. The molecule has 3 heterocycles. The molecular weight excluding hydrogens is 382 g/mol. The summed E-state index contributed by atoms with van der Waals surface area (Å²) in [4.78, 5) is 31.7. The number of methoxy groups -OCH3 is 1. The first-order valence-electron chi connectivity index (χ1n) is 7.97. The maximum atomic E-state index is 14.2. The molecule has 4 N–H and O–H groups in total. The molecule has 0 radical (unpaired) electrons. The predicted molar refractivity (Wildman–Crippen MR) is 88.7 cm³/mol. The topological polar surface area (TPSA) is 150 Å². The van der Waals surface area contributed by atoms with Crippen LogP contribution in [0.15, 0.2) is 29.2 Å². The average molecular weight is 398 g/mol. The summed E-state index contributed by atoms with van der Waals surface area (Å²) in [5.74, 6) is -4.56. The van der Waals surface area contributed by atoms with E-state index in [1.54, 1.807) is 0 Å². The fourth-order valence-corrected chi connectivity index (χ4v) is 2.79. The van der Waals surface area contributed by atoms with Crippen LogP contribution in [0.3, 0.4) is 0 Å². The zero-order valence-corrected chi connectivity index (χ0v) is 14.5. The molecule has 0 aliphatic carbocycles. The van der Waals surface area contributed by atoms with E-state index in [2.05, 4.69) is 9.97 Å². The van der Waals surface area contributed by atoms with E-state index in [0.29, 0.717) is 4.57 Å². The summed E-state index contributed by atoms with van der Waals surface area (Å²) in [5.41, 5.74) is 3.92. The van der Waals surface area contributed by atoms with E-state index in [-0.39, 0.29) is 22.8 Å². The normalized spacial score (nSPS) is 23.5. The monoisotopic (exact) mass is 398 g/mol. The first-order valence-corrected chi connectivity index (χ1v) is 7.97. The number of hydrogen-bond acceptors (Lipinski definition) is 8. The summed E-state index contributed by atoms with van der Waals surface area (Å²) in [6.07, 6.45) is -5.06. The highest BCUT2D eigenvalue weighted by molar-refractivity contribution is 5.98. The van der Waals surface area contributed by atoms with Gasteiger partial charge in [-0.05, 0) is 12.1 Å². The zero-order valence-electron chi connectivity index (χ0n) is 14.5. The number of pyridine rings is 1. The molecule has 2 aromatic rings. The van der Waals surface area contributed by atoms with Crippen LogP contribution in [0.25, 0.3) is 11.4 Å². The zero-order chi connectivity index (χ0) is 20.6. The van der Waals surface area contributed by atoms with E-state index in [4.69, 9.17) is 20.3 Å². The van der Waals surface area contributed by atoms with Crippen LogP contribution in [0.5, 0.6) is 5.88 Å². The standard InChI is InChI=1S/C16H16F2N4O6/c1-27-10-3-2-7(13(19)25)11(21-10)8-4-5-22(15(26)20-8)14-16(17,18)12(24)9(6-23)28-14/h2-5,9,12,14,23-24H,6H2,1H3,(H2,19,25)/t9-,12-,14-/m1/s1. The minimum Gasteiger partial charge on any atom is -0.481 e. The second-order valence-corrected chi connectivity index (χ2v) is 5.95. The number of ether oxygens (including phenoxy) is 2. The number of aromatic nitrogens is 3. The number of carbonyl (C=O) groups is 1. The summed E-state index contributed by atoms with van der Waals surface area (Å²) in [5, 5.41) is 18.6. The third-order valence-corrected chi connectivity index (χ3v) is 4.23. The van der Waals surface area contributed by atoms with Gasteiger partial charge in [-0.15, -0.1) is 0 Å². The Balaban J connectivity index is 2.05. The fourth-order valence-electron chi connectivity index (χ4n) is 2.79. The summed E-state index contributed by atoms with van der Waals surface area (Å²) < 4.78 is 38.8. The first kappa shape index (κ1) is 19.8. The molecule has 10 nitrogen and oxygen atoms in total. The number of nitrogens with two attached hydrogens (primary N) is 1. The Labute approximate surface area is 156 Å². The Morgan fingerprint density at radius 1 is 1.39 bits per heavy atom. The number of aliphatic hydroxyl groups excluding tert-OH is 2. The Morgan fingerprint density at radius 2 is 2.11 bits per heavy atom. The SMILES string of the molecule is COc1ccc(C(N)=O)c(-c2ccn([C@@H]3O[C@H](CO)[C@@H](O)C3(F)F)c(=O)n2)n1. The number of hydrogen-bond donors (Lipinski definition) is 3. The minimum absolute atomic E-state index is 0.0522. The highest BCUT2D eigenvalue weighted by Gasteiger charge is 2.59. The lowest BCUT2D eigenvalue weighted by molar-refractivity contribution is -0.140. The lowest BCUT2D eigenvalue weighted by atomic mass is 10.1. The third-order valence-electron chi connectivity index (χ3n) is 4.23. The Morgan fingerprint density at radius 3 is 2.64 bits per heavy atom. The van der Waals surface area contributed by atoms with Crippen LogP contribution in [0, 0.1) is 0 Å². The minimum atomic E-state index is -3.84. The van der Waals surface area contributed by atoms with Crippen LogP contribution in [-0.4, -0.2) is 62.5 Å². The Hall–Kier alpha value is -2.96. The van der Waals surface area contributed by atoms with Crippen molar-refractivity contribution < 1.29 is 33.3 Å². The van der Waals surface area contributed by atoms with Gasteiger partial charge in [-0.2, -0.15) is 13.8 Å². The van der Waals surface area contributed by atoms with Crippen molar-refractivity contribution in [3.8, 4) is 17.3 Å². The van der Waals surface area contributed by atoms with Crippen molar-refractivity contribution in [1.82, 2.24) is 14.5 Å². The molecule has 150 valence electrons. The number of primary amides is 1. The molecule has 1 fully saturated rings. The summed E-state index contributed by atoms with van der Waals surface area (Å²) in [7, 11) is 1.34. The lowest BCUT2D eigenvalue weighted by Crippen LogP contribution is -2.41. The average Bonchev–Trinajstić information content (AvgIpc) is 2.90. The number of halogens is 2. The highest BCUT2D eigenvalue weighted by atomic mass is 19.3. The van der Waals surface area contributed by atoms with Crippen LogP contribution < -0.4 is 16.2 Å². The smallest absolute Gasteiger partial charge is 0.350 e. The molecule has 1 aliphatic heterocycles. The van der Waals surface area contributed by atoms with Crippen molar-refractivity contribution in [3.05, 3.63) is 40.4 Å². The van der Waals surface area contributed by atoms with Crippen molar-refractivity contribution in [2.45, 2.75) is 24.4 Å². The van der Waals surface area contributed by atoms with E-state index in [1.165, 1.54) is 19.2 Å². The van der Waals surface area contributed by atoms with Crippen molar-refractivity contribution >= 4 is 5.91 Å². The van der Waals surface area contributed by atoms with E-state index >= 15 is 0 Å².